The number of benzene rings is 1. The molecular weight excluding hydrogens is 352 g/mol. The van der Waals surface area contributed by atoms with Gasteiger partial charge in [-0.05, 0) is 62.3 Å². The molecule has 26 heavy (non-hydrogen) atoms. The summed E-state index contributed by atoms with van der Waals surface area (Å²) in [4.78, 5) is 15.0. The highest BCUT2D eigenvalue weighted by molar-refractivity contribution is 7.89. The molecule has 0 bridgehead atoms. The van der Waals surface area contributed by atoms with Crippen molar-refractivity contribution < 1.29 is 17.9 Å². The van der Waals surface area contributed by atoms with Gasteiger partial charge < -0.3 is 9.64 Å². The van der Waals surface area contributed by atoms with Crippen molar-refractivity contribution in [3.05, 3.63) is 23.8 Å². The lowest BCUT2D eigenvalue weighted by Gasteiger charge is -2.34. The predicted octanol–water partition coefficient (Wildman–Crippen LogP) is 2.42. The van der Waals surface area contributed by atoms with E-state index in [0.717, 1.165) is 37.9 Å². The Morgan fingerprint density at radius 2 is 1.85 bits per heavy atom. The molecule has 7 heteroatoms. The monoisotopic (exact) mass is 380 g/mol. The molecule has 6 nitrogen and oxygen atoms in total. The zero-order chi connectivity index (χ0) is 18.9. The van der Waals surface area contributed by atoms with Gasteiger partial charge in [0.15, 0.2) is 0 Å². The third-order valence-electron chi connectivity index (χ3n) is 5.56. The summed E-state index contributed by atoms with van der Waals surface area (Å²) in [5, 5.41) is 0. The fourth-order valence-electron chi connectivity index (χ4n) is 3.86. The van der Waals surface area contributed by atoms with Crippen molar-refractivity contribution in [2.75, 3.05) is 26.7 Å². The third kappa shape index (κ3) is 3.60. The van der Waals surface area contributed by atoms with E-state index < -0.39 is 16.1 Å². The van der Waals surface area contributed by atoms with Crippen LogP contribution in [0, 0.1) is 12.8 Å². The predicted molar refractivity (Wildman–Crippen MR) is 99.6 cm³/mol. The topological polar surface area (TPSA) is 66.9 Å². The standard InChI is InChI=1S/C19H28N2O4S/c1-14-8-11-20(12-9-14)19(22)17-5-4-10-21(17)26(23,24)16-6-7-18(25-3)15(2)13-16/h6-7,13-14,17H,4-5,8-12H2,1-3H3/t17-/m1/s1. The molecule has 2 saturated heterocycles. The van der Waals surface area contributed by atoms with Gasteiger partial charge in [-0.25, -0.2) is 8.42 Å². The summed E-state index contributed by atoms with van der Waals surface area (Å²) in [6, 6.07) is 4.28. The second kappa shape index (κ2) is 7.56. The van der Waals surface area contributed by atoms with E-state index in [1.165, 1.54) is 4.31 Å². The van der Waals surface area contributed by atoms with E-state index in [9.17, 15) is 13.2 Å². The number of hydrogen-bond acceptors (Lipinski definition) is 4. The average molecular weight is 381 g/mol. The maximum atomic E-state index is 13.2. The van der Waals surface area contributed by atoms with Gasteiger partial charge in [0.25, 0.3) is 0 Å². The SMILES string of the molecule is COc1ccc(S(=O)(=O)N2CCC[C@@H]2C(=O)N2CCC(C)CC2)cc1C. The summed E-state index contributed by atoms with van der Waals surface area (Å²) in [5.74, 6) is 1.24. The van der Waals surface area contributed by atoms with Crippen LogP contribution in [0.25, 0.3) is 0 Å². The first kappa shape index (κ1) is 19.2. The van der Waals surface area contributed by atoms with Crippen LogP contribution in [0.5, 0.6) is 5.75 Å². The first-order chi connectivity index (χ1) is 12.3. The Labute approximate surface area is 156 Å². The number of methoxy groups -OCH3 is 1. The van der Waals surface area contributed by atoms with Crippen LogP contribution in [-0.2, 0) is 14.8 Å². The molecule has 0 spiro atoms. The van der Waals surface area contributed by atoms with Crippen molar-refractivity contribution in [2.45, 2.75) is 50.5 Å². The number of piperidine rings is 1. The van der Waals surface area contributed by atoms with Gasteiger partial charge in [-0.2, -0.15) is 4.31 Å². The second-order valence-electron chi connectivity index (χ2n) is 7.41. The molecule has 3 rings (SSSR count). The van der Waals surface area contributed by atoms with Gasteiger partial charge in [-0.15, -0.1) is 0 Å². The third-order valence-corrected chi connectivity index (χ3v) is 7.46. The number of sulfonamides is 1. The number of aryl methyl sites for hydroxylation is 1. The molecule has 1 aromatic rings. The molecule has 0 aliphatic carbocycles. The highest BCUT2D eigenvalue weighted by atomic mass is 32.2. The van der Waals surface area contributed by atoms with Gasteiger partial charge in [0, 0.05) is 19.6 Å². The summed E-state index contributed by atoms with van der Waals surface area (Å²) in [5.41, 5.74) is 0.765. The van der Waals surface area contributed by atoms with Crippen LogP contribution in [0.3, 0.4) is 0 Å². The molecule has 1 aromatic carbocycles. The molecule has 1 atom stereocenters. The lowest BCUT2D eigenvalue weighted by atomic mass is 9.98. The lowest BCUT2D eigenvalue weighted by molar-refractivity contribution is -0.135. The van der Waals surface area contributed by atoms with Gasteiger partial charge in [-0.3, -0.25) is 4.79 Å². The normalized spacial score (nSPS) is 22.6. The lowest BCUT2D eigenvalue weighted by Crippen LogP contribution is -2.49. The van der Waals surface area contributed by atoms with E-state index in [1.54, 1.807) is 25.3 Å². The van der Waals surface area contributed by atoms with E-state index in [1.807, 2.05) is 11.8 Å². The highest BCUT2D eigenvalue weighted by Crippen LogP contribution is 2.30. The van der Waals surface area contributed by atoms with Crippen molar-refractivity contribution in [1.29, 1.82) is 0 Å². The minimum atomic E-state index is -3.70. The van der Waals surface area contributed by atoms with Gasteiger partial charge in [0.05, 0.1) is 12.0 Å². The maximum absolute atomic E-state index is 13.2. The van der Waals surface area contributed by atoms with Crippen LogP contribution in [0.1, 0.15) is 38.2 Å². The van der Waals surface area contributed by atoms with E-state index >= 15 is 0 Å². The molecule has 0 aromatic heterocycles. The Morgan fingerprint density at radius 3 is 2.46 bits per heavy atom. The van der Waals surface area contributed by atoms with Gasteiger partial charge in [0.1, 0.15) is 11.8 Å². The van der Waals surface area contributed by atoms with Crippen molar-refractivity contribution in [1.82, 2.24) is 9.21 Å². The zero-order valence-corrected chi connectivity index (χ0v) is 16.6. The molecular formula is C19H28N2O4S. The first-order valence-corrected chi connectivity index (χ1v) is 10.7. The number of carbonyl (C=O) groups excluding carboxylic acids is 1. The van der Waals surface area contributed by atoms with Gasteiger partial charge >= 0.3 is 0 Å². The first-order valence-electron chi connectivity index (χ1n) is 9.30. The molecule has 0 unspecified atom stereocenters. The molecule has 0 radical (unpaired) electrons. The van der Waals surface area contributed by atoms with Crippen molar-refractivity contribution >= 4 is 15.9 Å². The zero-order valence-electron chi connectivity index (χ0n) is 15.8. The smallest absolute Gasteiger partial charge is 0.243 e. The minimum absolute atomic E-state index is 0.0387. The van der Waals surface area contributed by atoms with Gasteiger partial charge in [0.2, 0.25) is 15.9 Å². The molecule has 2 aliphatic heterocycles. The number of ether oxygens (including phenoxy) is 1. The fraction of sp³-hybridized carbons (Fsp3) is 0.632. The Morgan fingerprint density at radius 1 is 1.15 bits per heavy atom. The number of likely N-dealkylation sites (tertiary alicyclic amines) is 1. The second-order valence-corrected chi connectivity index (χ2v) is 9.30. The number of carbonyl (C=O) groups is 1. The van der Waals surface area contributed by atoms with Crippen molar-refractivity contribution in [3.63, 3.8) is 0 Å². The largest absolute Gasteiger partial charge is 0.496 e. The Bertz CT molecular complexity index is 770. The molecule has 144 valence electrons. The van der Waals surface area contributed by atoms with Crippen molar-refractivity contribution in [2.24, 2.45) is 5.92 Å². The molecule has 2 aliphatic rings. The quantitative estimate of drug-likeness (QED) is 0.805. The number of nitrogens with zero attached hydrogens (tertiary/aromatic N) is 2. The molecule has 0 N–H and O–H groups in total. The molecule has 2 heterocycles. The summed E-state index contributed by atoms with van der Waals surface area (Å²) in [6.45, 7) is 5.87. The van der Waals surface area contributed by atoms with E-state index in [2.05, 4.69) is 6.92 Å². The minimum Gasteiger partial charge on any atom is -0.496 e. The van der Waals surface area contributed by atoms with Crippen LogP contribution in [0.2, 0.25) is 0 Å². The number of hydrogen-bond donors (Lipinski definition) is 0. The van der Waals surface area contributed by atoms with Crippen LogP contribution in [0.15, 0.2) is 23.1 Å². The van der Waals surface area contributed by atoms with E-state index in [-0.39, 0.29) is 10.8 Å². The molecule has 1 amide bonds. The summed E-state index contributed by atoms with van der Waals surface area (Å²) < 4.78 is 32.9. The number of rotatable bonds is 4. The van der Waals surface area contributed by atoms with Crippen molar-refractivity contribution in [3.8, 4) is 5.75 Å². The van der Waals surface area contributed by atoms with Crippen LogP contribution < -0.4 is 4.74 Å². The maximum Gasteiger partial charge on any atom is 0.243 e. The molecule has 0 saturated carbocycles. The summed E-state index contributed by atoms with van der Waals surface area (Å²) in [6.07, 6.45) is 3.29. The Balaban J connectivity index is 1.82. The average Bonchev–Trinajstić information content (AvgIpc) is 3.12. The summed E-state index contributed by atoms with van der Waals surface area (Å²) in [7, 11) is -2.14. The van der Waals surface area contributed by atoms with E-state index in [4.69, 9.17) is 4.74 Å². The Kier molecular flexibility index (Phi) is 5.58. The van der Waals surface area contributed by atoms with Gasteiger partial charge in [-0.1, -0.05) is 6.92 Å². The number of amides is 1. The Hall–Kier alpha value is -1.60. The van der Waals surface area contributed by atoms with Crippen LogP contribution in [-0.4, -0.2) is 56.3 Å². The van der Waals surface area contributed by atoms with Crippen LogP contribution >= 0.6 is 0 Å². The van der Waals surface area contributed by atoms with E-state index in [0.29, 0.717) is 24.6 Å². The molecule has 2 fully saturated rings. The fourth-order valence-corrected chi connectivity index (χ4v) is 5.60. The summed E-state index contributed by atoms with van der Waals surface area (Å²) >= 11 is 0. The van der Waals surface area contributed by atoms with Crippen LogP contribution in [0.4, 0.5) is 0 Å². The highest BCUT2D eigenvalue weighted by Gasteiger charge is 2.41.